The van der Waals surface area contributed by atoms with Crippen LogP contribution in [0.3, 0.4) is 0 Å². The highest BCUT2D eigenvalue weighted by Gasteiger charge is 2.22. The van der Waals surface area contributed by atoms with E-state index in [0.29, 0.717) is 23.6 Å². The maximum atomic E-state index is 12.1. The maximum absolute atomic E-state index is 12.1. The fourth-order valence-electron chi connectivity index (χ4n) is 2.03. The summed E-state index contributed by atoms with van der Waals surface area (Å²) >= 11 is 1.67. The van der Waals surface area contributed by atoms with E-state index in [2.05, 4.69) is 17.2 Å². The van der Waals surface area contributed by atoms with E-state index in [1.54, 1.807) is 36.0 Å². The van der Waals surface area contributed by atoms with Crippen LogP contribution in [0.1, 0.15) is 34.1 Å². The van der Waals surface area contributed by atoms with Gasteiger partial charge in [0, 0.05) is 12.6 Å². The number of rotatable bonds is 8. The molecular formula is C19H28N2O4S. The van der Waals surface area contributed by atoms with Crippen molar-refractivity contribution in [1.29, 1.82) is 0 Å². The molecule has 2 N–H and O–H groups in total. The molecule has 1 atom stereocenters. The lowest BCUT2D eigenvalue weighted by Crippen LogP contribution is -2.41. The van der Waals surface area contributed by atoms with Gasteiger partial charge in [0.2, 0.25) is 5.91 Å². The normalized spacial score (nSPS) is 12.0. The average molecular weight is 381 g/mol. The van der Waals surface area contributed by atoms with E-state index in [1.807, 2.05) is 27.0 Å². The van der Waals surface area contributed by atoms with Crippen molar-refractivity contribution in [2.24, 2.45) is 0 Å². The van der Waals surface area contributed by atoms with Gasteiger partial charge in [-0.05, 0) is 63.5 Å². The number of hydrogen-bond acceptors (Lipinski definition) is 5. The van der Waals surface area contributed by atoms with Gasteiger partial charge in [0.1, 0.15) is 17.1 Å². The van der Waals surface area contributed by atoms with Crippen molar-refractivity contribution in [2.75, 3.05) is 17.3 Å². The summed E-state index contributed by atoms with van der Waals surface area (Å²) in [5.74, 6) is 1.70. The van der Waals surface area contributed by atoms with E-state index in [-0.39, 0.29) is 11.9 Å². The largest absolute Gasteiger partial charge is 0.460 e. The zero-order valence-electron chi connectivity index (χ0n) is 16.0. The highest BCUT2D eigenvalue weighted by atomic mass is 32.2. The Labute approximate surface area is 159 Å². The topological polar surface area (TPSA) is 76.7 Å². The van der Waals surface area contributed by atoms with Gasteiger partial charge < -0.3 is 20.1 Å². The average Bonchev–Trinajstić information content (AvgIpc) is 2.51. The summed E-state index contributed by atoms with van der Waals surface area (Å²) in [5.41, 5.74) is 0.108. The quantitative estimate of drug-likeness (QED) is 0.662. The van der Waals surface area contributed by atoms with Gasteiger partial charge in [-0.3, -0.25) is 4.79 Å². The van der Waals surface area contributed by atoms with Crippen LogP contribution < -0.4 is 15.4 Å². The van der Waals surface area contributed by atoms with Gasteiger partial charge in [-0.2, -0.15) is 11.8 Å². The molecule has 0 aromatic heterocycles. The minimum Gasteiger partial charge on any atom is -0.460 e. The minimum atomic E-state index is -0.574. The summed E-state index contributed by atoms with van der Waals surface area (Å²) in [6.45, 7) is 10.8. The van der Waals surface area contributed by atoms with Crippen LogP contribution >= 0.6 is 11.8 Å². The van der Waals surface area contributed by atoms with Crippen LogP contribution in [0.15, 0.2) is 36.6 Å². The van der Waals surface area contributed by atoms with Gasteiger partial charge in [0.25, 0.3) is 0 Å². The van der Waals surface area contributed by atoms with E-state index >= 15 is 0 Å². The number of carbonyl (C=O) groups excluding carboxylic acids is 2. The van der Waals surface area contributed by atoms with Crippen molar-refractivity contribution in [3.05, 3.63) is 36.6 Å². The molecule has 0 radical (unpaired) electrons. The minimum absolute atomic E-state index is 0.137. The fraction of sp³-hybridized carbons (Fsp3) is 0.474. The molecule has 0 saturated carbocycles. The molecule has 1 rings (SSSR count). The lowest BCUT2D eigenvalue weighted by molar-refractivity contribution is -0.114. The number of nitrogens with one attached hydrogen (secondary N) is 2. The Hall–Kier alpha value is -2.15. The second kappa shape index (κ2) is 10.1. The van der Waals surface area contributed by atoms with Crippen molar-refractivity contribution >= 4 is 29.4 Å². The SMILES string of the molecule is C=C(Oc1ccc(NC(C)=O)cc1)C(CCSC)NC(=O)OC(C)(C)C. The summed E-state index contributed by atoms with van der Waals surface area (Å²) in [4.78, 5) is 23.1. The lowest BCUT2D eigenvalue weighted by Gasteiger charge is -2.24. The van der Waals surface area contributed by atoms with E-state index < -0.39 is 11.7 Å². The first-order valence-electron chi connectivity index (χ1n) is 8.33. The van der Waals surface area contributed by atoms with Crippen molar-refractivity contribution in [3.63, 3.8) is 0 Å². The first-order chi connectivity index (χ1) is 12.1. The molecule has 0 aliphatic rings. The highest BCUT2D eigenvalue weighted by Crippen LogP contribution is 2.20. The molecule has 1 aromatic rings. The van der Waals surface area contributed by atoms with Crippen LogP contribution in [0.2, 0.25) is 0 Å². The van der Waals surface area contributed by atoms with E-state index in [0.717, 1.165) is 5.75 Å². The summed E-state index contributed by atoms with van der Waals surface area (Å²) in [6.07, 6.45) is 2.16. The predicted molar refractivity (Wildman–Crippen MR) is 107 cm³/mol. The van der Waals surface area contributed by atoms with Gasteiger partial charge in [0.15, 0.2) is 0 Å². The number of hydrogen-bond donors (Lipinski definition) is 2. The number of ether oxygens (including phenoxy) is 2. The number of carbonyl (C=O) groups is 2. The van der Waals surface area contributed by atoms with Crippen LogP contribution in [0.5, 0.6) is 5.75 Å². The third-order valence-electron chi connectivity index (χ3n) is 3.11. The van der Waals surface area contributed by atoms with Gasteiger partial charge in [-0.1, -0.05) is 6.58 Å². The number of amides is 2. The van der Waals surface area contributed by atoms with Crippen LogP contribution in [0.25, 0.3) is 0 Å². The van der Waals surface area contributed by atoms with Crippen LogP contribution in [0, 0.1) is 0 Å². The van der Waals surface area contributed by atoms with Gasteiger partial charge in [-0.25, -0.2) is 4.79 Å². The van der Waals surface area contributed by atoms with Crippen molar-refractivity contribution in [1.82, 2.24) is 5.32 Å². The second-order valence-electron chi connectivity index (χ2n) is 6.75. The Morgan fingerprint density at radius 3 is 2.35 bits per heavy atom. The Bertz CT molecular complexity index is 623. The zero-order valence-corrected chi connectivity index (χ0v) is 16.9. The molecule has 2 amide bonds. The molecule has 1 aromatic carbocycles. The summed E-state index contributed by atoms with van der Waals surface area (Å²) in [5, 5.41) is 5.50. The fourth-order valence-corrected chi connectivity index (χ4v) is 2.50. The number of benzene rings is 1. The number of thioether (sulfide) groups is 1. The Morgan fingerprint density at radius 2 is 1.85 bits per heavy atom. The Balaban J connectivity index is 2.72. The Morgan fingerprint density at radius 1 is 1.23 bits per heavy atom. The molecule has 7 heteroatoms. The first-order valence-corrected chi connectivity index (χ1v) is 9.73. The molecule has 0 aliphatic carbocycles. The number of alkyl carbamates (subject to hydrolysis) is 1. The predicted octanol–water partition coefficient (Wildman–Crippen LogP) is 4.18. The maximum Gasteiger partial charge on any atom is 0.408 e. The number of anilines is 1. The molecular weight excluding hydrogens is 352 g/mol. The summed E-state index contributed by atoms with van der Waals surface area (Å²) < 4.78 is 11.1. The van der Waals surface area contributed by atoms with Crippen LogP contribution in [-0.4, -0.2) is 35.7 Å². The van der Waals surface area contributed by atoms with Crippen LogP contribution in [-0.2, 0) is 9.53 Å². The van der Waals surface area contributed by atoms with Gasteiger partial charge >= 0.3 is 6.09 Å². The lowest BCUT2D eigenvalue weighted by atomic mass is 10.2. The molecule has 0 heterocycles. The second-order valence-corrected chi connectivity index (χ2v) is 7.74. The standard InChI is InChI=1S/C19H28N2O4S/c1-13(24-16-9-7-15(8-10-16)20-14(2)22)17(11-12-26-6)21-18(23)25-19(3,4)5/h7-10,17H,1,11-12H2,2-6H3,(H,20,22)(H,21,23). The zero-order chi connectivity index (χ0) is 19.7. The van der Waals surface area contributed by atoms with E-state index in [4.69, 9.17) is 9.47 Å². The van der Waals surface area contributed by atoms with Crippen molar-refractivity contribution in [2.45, 2.75) is 45.8 Å². The Kier molecular flexibility index (Phi) is 8.51. The van der Waals surface area contributed by atoms with Crippen molar-refractivity contribution in [3.8, 4) is 5.75 Å². The monoisotopic (exact) mass is 380 g/mol. The van der Waals surface area contributed by atoms with Crippen molar-refractivity contribution < 1.29 is 19.1 Å². The summed E-state index contributed by atoms with van der Waals surface area (Å²) in [6, 6.07) is 6.57. The molecule has 0 fully saturated rings. The highest BCUT2D eigenvalue weighted by molar-refractivity contribution is 7.98. The van der Waals surface area contributed by atoms with E-state index in [1.165, 1.54) is 6.92 Å². The third-order valence-corrected chi connectivity index (χ3v) is 3.76. The van der Waals surface area contributed by atoms with Gasteiger partial charge in [-0.15, -0.1) is 0 Å². The molecule has 0 aliphatic heterocycles. The molecule has 0 spiro atoms. The first kappa shape index (κ1) is 21.9. The molecule has 144 valence electrons. The molecule has 1 unspecified atom stereocenters. The van der Waals surface area contributed by atoms with Gasteiger partial charge in [0.05, 0.1) is 6.04 Å². The van der Waals surface area contributed by atoms with Crippen LogP contribution in [0.4, 0.5) is 10.5 Å². The molecule has 0 bridgehead atoms. The molecule has 26 heavy (non-hydrogen) atoms. The summed E-state index contributed by atoms with van der Waals surface area (Å²) in [7, 11) is 0. The smallest absolute Gasteiger partial charge is 0.408 e. The third kappa shape index (κ3) is 8.80. The molecule has 0 saturated heterocycles. The molecule has 6 nitrogen and oxygen atoms in total. The van der Waals surface area contributed by atoms with E-state index in [9.17, 15) is 9.59 Å².